The van der Waals surface area contributed by atoms with Crippen LogP contribution < -0.4 is 4.90 Å². The van der Waals surface area contributed by atoms with Crippen LogP contribution in [0.25, 0.3) is 11.1 Å². The van der Waals surface area contributed by atoms with E-state index in [4.69, 9.17) is 0 Å². The van der Waals surface area contributed by atoms with Crippen molar-refractivity contribution < 1.29 is 18.2 Å². The third kappa shape index (κ3) is 3.85. The average molecular weight is 338 g/mol. The van der Waals surface area contributed by atoms with Gasteiger partial charge in [-0.25, -0.2) is 0 Å². The molecule has 2 aromatic carbocycles. The molecule has 0 heterocycles. The molecule has 0 radical (unpaired) electrons. The molecule has 0 aliphatic carbocycles. The van der Waals surface area contributed by atoms with Gasteiger partial charge in [0.1, 0.15) is 0 Å². The van der Waals surface area contributed by atoms with Crippen molar-refractivity contribution in [2.75, 3.05) is 19.0 Å². The van der Waals surface area contributed by atoms with E-state index in [0.29, 0.717) is 0 Å². The number of rotatable bonds is 2. The van der Waals surface area contributed by atoms with Crippen molar-refractivity contribution in [2.45, 2.75) is 0 Å². The maximum absolute atomic E-state index is 4.49. The molecular weight excluding hydrogens is 324 g/mol. The van der Waals surface area contributed by atoms with E-state index in [1.165, 1.54) is 11.3 Å². The molecule has 0 N–H and O–H groups in total. The fourth-order valence-corrected chi connectivity index (χ4v) is 1.65. The molecule has 0 saturated heterocycles. The minimum atomic E-state index is 1.14. The van der Waals surface area contributed by atoms with Crippen molar-refractivity contribution in [1.82, 2.24) is 0 Å². The van der Waals surface area contributed by atoms with Crippen LogP contribution in [0.5, 0.6) is 0 Å². The second-order valence-electron chi connectivity index (χ2n) is 3.69. The van der Waals surface area contributed by atoms with Gasteiger partial charge in [-0.05, 0) is 6.07 Å². The van der Waals surface area contributed by atoms with Gasteiger partial charge < -0.3 is 4.90 Å². The van der Waals surface area contributed by atoms with Crippen LogP contribution in [-0.2, 0) is 18.2 Å². The van der Waals surface area contributed by atoms with Gasteiger partial charge in [-0.15, -0.1) is 35.9 Å². The zero-order chi connectivity index (χ0) is 12.7. The maximum atomic E-state index is 4.49. The Morgan fingerprint density at radius 2 is 1.65 bits per heavy atom. The predicted octanol–water partition coefficient (Wildman–Crippen LogP) is 3.91. The van der Waals surface area contributed by atoms with Crippen LogP contribution in [0.1, 0.15) is 0 Å². The van der Waals surface area contributed by atoms with Gasteiger partial charge >= 0.3 is 27.7 Å². The Labute approximate surface area is 118 Å². The molecule has 92 valence electrons. The molecular formula is C14H14ClNPd. The summed E-state index contributed by atoms with van der Waals surface area (Å²) in [6.07, 6.45) is 0. The van der Waals surface area contributed by atoms with Gasteiger partial charge in [0.05, 0.1) is 0 Å². The first-order valence-corrected chi connectivity index (χ1v) is 7.14. The predicted molar refractivity (Wildman–Crippen MR) is 70.9 cm³/mol. The van der Waals surface area contributed by atoms with Crippen LogP contribution in [-0.4, -0.2) is 14.1 Å². The van der Waals surface area contributed by atoms with Crippen molar-refractivity contribution in [3.8, 4) is 11.1 Å². The van der Waals surface area contributed by atoms with E-state index in [-0.39, 0.29) is 0 Å². The van der Waals surface area contributed by atoms with E-state index in [0.717, 1.165) is 5.56 Å². The van der Waals surface area contributed by atoms with Gasteiger partial charge in [-0.3, -0.25) is 0 Å². The second-order valence-corrected chi connectivity index (χ2v) is 3.69. The molecule has 0 atom stereocenters. The van der Waals surface area contributed by atoms with E-state index in [2.05, 4.69) is 83.1 Å². The molecule has 2 rings (SSSR count). The minimum absolute atomic E-state index is 1.14. The van der Waals surface area contributed by atoms with E-state index in [1.54, 1.807) is 0 Å². The van der Waals surface area contributed by atoms with Crippen molar-refractivity contribution in [3.63, 3.8) is 0 Å². The molecule has 17 heavy (non-hydrogen) atoms. The Balaban J connectivity index is 0.000000686. The SMILES string of the molecule is CN(C)c1ccccc1-c1[c-]cccc1.[Cl][Pd+]. The van der Waals surface area contributed by atoms with Crippen molar-refractivity contribution in [3.05, 3.63) is 54.6 Å². The molecule has 0 spiro atoms. The summed E-state index contributed by atoms with van der Waals surface area (Å²) >= 11 is 2.22. The number of hydrogen-bond donors (Lipinski definition) is 0. The normalized spacial score (nSPS) is 9.24. The average Bonchev–Trinajstić information content (AvgIpc) is 2.42. The fraction of sp³-hybridized carbons (Fsp3) is 0.143. The first kappa shape index (κ1) is 14.3. The summed E-state index contributed by atoms with van der Waals surface area (Å²) in [5.41, 5.74) is 3.59. The molecule has 0 unspecified atom stereocenters. The zero-order valence-corrected chi connectivity index (χ0v) is 12.1. The molecule has 0 aromatic heterocycles. The van der Waals surface area contributed by atoms with Crippen molar-refractivity contribution in [2.24, 2.45) is 0 Å². The standard InChI is InChI=1S/C14H14N.ClH.Pd/c1-15(2)14-11-7-6-10-13(14)12-8-4-3-5-9-12;;/h3-8,10-11H,1-2H3;1H;/q-1;;+2/p-1. The Bertz CT molecular complexity index is 443. The monoisotopic (exact) mass is 337 g/mol. The number of benzene rings is 2. The number of hydrogen-bond acceptors (Lipinski definition) is 1. The van der Waals surface area contributed by atoms with E-state index >= 15 is 0 Å². The molecule has 0 aliphatic rings. The number of halogens is 1. The Kier molecular flexibility index (Phi) is 6.29. The molecule has 0 fully saturated rings. The third-order valence-corrected chi connectivity index (χ3v) is 2.39. The third-order valence-electron chi connectivity index (χ3n) is 2.39. The molecule has 0 amide bonds. The van der Waals surface area contributed by atoms with Crippen LogP contribution in [0.15, 0.2) is 48.5 Å². The number of anilines is 1. The number of para-hydroxylation sites is 1. The quantitative estimate of drug-likeness (QED) is 0.593. The molecule has 0 saturated carbocycles. The summed E-state index contributed by atoms with van der Waals surface area (Å²) in [6.45, 7) is 0. The zero-order valence-electron chi connectivity index (χ0n) is 9.76. The van der Waals surface area contributed by atoms with Crippen LogP contribution in [0.3, 0.4) is 0 Å². The van der Waals surface area contributed by atoms with Crippen molar-refractivity contribution in [1.29, 1.82) is 0 Å². The van der Waals surface area contributed by atoms with Gasteiger partial charge in [0, 0.05) is 19.8 Å². The van der Waals surface area contributed by atoms with Gasteiger partial charge in [-0.2, -0.15) is 0 Å². The van der Waals surface area contributed by atoms with E-state index in [1.807, 2.05) is 18.2 Å². The van der Waals surface area contributed by atoms with Gasteiger partial charge in [0.15, 0.2) is 0 Å². The summed E-state index contributed by atoms with van der Waals surface area (Å²) in [4.78, 5) is 2.12. The van der Waals surface area contributed by atoms with Crippen LogP contribution >= 0.6 is 9.53 Å². The first-order chi connectivity index (χ1) is 8.29. The van der Waals surface area contributed by atoms with Crippen molar-refractivity contribution >= 4 is 15.2 Å². The van der Waals surface area contributed by atoms with Crippen LogP contribution in [0.4, 0.5) is 5.69 Å². The summed E-state index contributed by atoms with van der Waals surface area (Å²) in [6, 6.07) is 19.7. The summed E-state index contributed by atoms with van der Waals surface area (Å²) in [7, 11) is 8.60. The second kappa shape index (κ2) is 7.51. The topological polar surface area (TPSA) is 3.24 Å². The number of nitrogens with zero attached hydrogens (tertiary/aromatic N) is 1. The van der Waals surface area contributed by atoms with Gasteiger partial charge in [0.25, 0.3) is 0 Å². The Hall–Kier alpha value is -0.808. The summed E-state index contributed by atoms with van der Waals surface area (Å²) < 4.78 is 0. The van der Waals surface area contributed by atoms with Gasteiger partial charge in [0.2, 0.25) is 0 Å². The van der Waals surface area contributed by atoms with E-state index < -0.39 is 0 Å². The Morgan fingerprint density at radius 3 is 2.24 bits per heavy atom. The molecule has 0 aliphatic heterocycles. The Morgan fingerprint density at radius 1 is 1.00 bits per heavy atom. The van der Waals surface area contributed by atoms with Crippen LogP contribution in [0, 0.1) is 6.07 Å². The molecule has 0 bridgehead atoms. The summed E-state index contributed by atoms with van der Waals surface area (Å²) in [5, 5.41) is 0. The van der Waals surface area contributed by atoms with Crippen LogP contribution in [0.2, 0.25) is 0 Å². The molecule has 2 aromatic rings. The fourth-order valence-electron chi connectivity index (χ4n) is 1.65. The molecule has 3 heteroatoms. The van der Waals surface area contributed by atoms with E-state index in [9.17, 15) is 0 Å². The summed E-state index contributed by atoms with van der Waals surface area (Å²) in [5.74, 6) is 0. The first-order valence-electron chi connectivity index (χ1n) is 5.14. The molecule has 1 nitrogen and oxygen atoms in total. The van der Waals surface area contributed by atoms with Gasteiger partial charge in [-0.1, -0.05) is 23.8 Å².